The normalized spacial score (nSPS) is 21.6. The number of benzene rings is 1. The van der Waals surface area contributed by atoms with Crippen molar-refractivity contribution < 1.29 is 32.6 Å². The van der Waals surface area contributed by atoms with E-state index in [1.807, 2.05) is 27.7 Å². The number of aliphatic hydroxyl groups excluding tert-OH is 1. The first-order valence-corrected chi connectivity index (χ1v) is 17.1. The lowest BCUT2D eigenvalue weighted by molar-refractivity contribution is -0.00832. The molecule has 43 heavy (non-hydrogen) atoms. The van der Waals surface area contributed by atoms with Gasteiger partial charge in [0, 0.05) is 44.4 Å². The molecular formula is C30H46N4O7S2. The monoisotopic (exact) mass is 638 g/mol. The molecule has 1 aromatic heterocycles. The molecule has 2 aromatic rings. The lowest BCUT2D eigenvalue weighted by Gasteiger charge is -2.35. The quantitative estimate of drug-likeness (QED) is 0.390. The van der Waals surface area contributed by atoms with Crippen molar-refractivity contribution >= 4 is 39.0 Å². The summed E-state index contributed by atoms with van der Waals surface area (Å²) >= 11 is 1.16. The molecule has 1 aromatic carbocycles. The third-order valence-electron chi connectivity index (χ3n) is 7.33. The number of anilines is 1. The Morgan fingerprint density at radius 1 is 1.21 bits per heavy atom. The fourth-order valence-electron chi connectivity index (χ4n) is 4.81. The van der Waals surface area contributed by atoms with Crippen LogP contribution in [-0.4, -0.2) is 92.3 Å². The van der Waals surface area contributed by atoms with Crippen LogP contribution in [-0.2, 0) is 14.8 Å². The van der Waals surface area contributed by atoms with Crippen LogP contribution >= 0.6 is 11.3 Å². The Labute approximate surface area is 259 Å². The number of carbonyl (C=O) groups excluding carboxylic acids is 2. The molecular weight excluding hydrogens is 592 g/mol. The second-order valence-electron chi connectivity index (χ2n) is 11.5. The largest absolute Gasteiger partial charge is 0.490 e. The summed E-state index contributed by atoms with van der Waals surface area (Å²) in [6.07, 6.45) is 1.59. The first-order chi connectivity index (χ1) is 20.3. The number of rotatable bonds is 8. The van der Waals surface area contributed by atoms with Crippen LogP contribution in [0.4, 0.5) is 10.5 Å². The van der Waals surface area contributed by atoms with Crippen molar-refractivity contribution in [2.75, 3.05) is 38.7 Å². The highest BCUT2D eigenvalue weighted by atomic mass is 32.2. The van der Waals surface area contributed by atoms with Gasteiger partial charge in [0.05, 0.1) is 30.4 Å². The molecule has 3 amide bonds. The highest BCUT2D eigenvalue weighted by Crippen LogP contribution is 2.29. The number of likely N-dealkylation sites (N-methyl/N-ethyl adjacent to an activating group) is 1. The molecule has 0 aliphatic carbocycles. The molecule has 13 heteroatoms. The zero-order valence-corrected chi connectivity index (χ0v) is 27.5. The SMILES string of the molecule is CC(C)NC(=O)Nc1ccc2c(c1)C(=O)N([C@H](C)CO)C[C@@H](C)[C@@H](CN(C)S(=O)(=O)c1cccs1)OCCCC[C@H](C)O2. The van der Waals surface area contributed by atoms with E-state index in [1.54, 1.807) is 47.5 Å². The zero-order valence-electron chi connectivity index (χ0n) is 25.9. The summed E-state index contributed by atoms with van der Waals surface area (Å²) in [5.41, 5.74) is 0.683. The van der Waals surface area contributed by atoms with Gasteiger partial charge < -0.3 is 30.1 Å². The molecule has 1 aliphatic rings. The number of nitrogens with zero attached hydrogens (tertiary/aromatic N) is 2. The summed E-state index contributed by atoms with van der Waals surface area (Å²) in [4.78, 5) is 28.1. The van der Waals surface area contributed by atoms with Crippen LogP contribution in [0.25, 0.3) is 0 Å². The topological polar surface area (TPSA) is 138 Å². The molecule has 0 saturated carbocycles. The van der Waals surface area contributed by atoms with E-state index < -0.39 is 28.2 Å². The number of amides is 3. The Balaban J connectivity index is 1.96. The van der Waals surface area contributed by atoms with Gasteiger partial charge in [0.15, 0.2) is 0 Å². The number of aliphatic hydroxyl groups is 1. The maximum atomic E-state index is 14.2. The number of hydrogen-bond donors (Lipinski definition) is 3. The fourth-order valence-corrected chi connectivity index (χ4v) is 7.19. The number of thiophene rings is 1. The third-order valence-corrected chi connectivity index (χ3v) is 10.5. The van der Waals surface area contributed by atoms with Crippen LogP contribution in [0.2, 0.25) is 0 Å². The molecule has 11 nitrogen and oxygen atoms in total. The second-order valence-corrected chi connectivity index (χ2v) is 14.7. The predicted molar refractivity (Wildman–Crippen MR) is 168 cm³/mol. The number of sulfonamides is 1. The van der Waals surface area contributed by atoms with E-state index in [2.05, 4.69) is 10.6 Å². The number of fused-ring (bicyclic) bond motifs is 1. The minimum absolute atomic E-state index is 0.0694. The van der Waals surface area contributed by atoms with Crippen molar-refractivity contribution in [2.45, 2.75) is 82.4 Å². The number of nitrogens with one attached hydrogen (secondary N) is 2. The van der Waals surface area contributed by atoms with E-state index in [-0.39, 0.29) is 53.4 Å². The van der Waals surface area contributed by atoms with Crippen molar-refractivity contribution in [1.29, 1.82) is 0 Å². The Kier molecular flexibility index (Phi) is 12.8. The van der Waals surface area contributed by atoms with Gasteiger partial charge in [0.25, 0.3) is 15.9 Å². The number of hydrogen-bond acceptors (Lipinski definition) is 8. The molecule has 0 fully saturated rings. The van der Waals surface area contributed by atoms with Gasteiger partial charge in [-0.25, -0.2) is 13.2 Å². The number of urea groups is 1. The molecule has 0 unspecified atom stereocenters. The summed E-state index contributed by atoms with van der Waals surface area (Å²) in [5, 5.41) is 17.4. The van der Waals surface area contributed by atoms with Gasteiger partial charge in [-0.2, -0.15) is 4.31 Å². The Morgan fingerprint density at radius 3 is 2.60 bits per heavy atom. The lowest BCUT2D eigenvalue weighted by Crippen LogP contribution is -2.48. The summed E-state index contributed by atoms with van der Waals surface area (Å²) in [5.74, 6) is -0.274. The molecule has 1 aliphatic heterocycles. The van der Waals surface area contributed by atoms with E-state index in [0.29, 0.717) is 18.0 Å². The van der Waals surface area contributed by atoms with Crippen LogP contribution in [0.15, 0.2) is 39.9 Å². The molecule has 0 radical (unpaired) electrons. The minimum atomic E-state index is -3.70. The highest BCUT2D eigenvalue weighted by molar-refractivity contribution is 7.91. The standard InChI is InChI=1S/C30H46N4O7S2/c1-20(2)31-30(37)32-24-12-13-26-25(16-24)29(36)34(22(4)19-35)17-21(3)27(40-14-8-7-10-23(5)41-26)18-33(6)43(38,39)28-11-9-15-42-28/h9,11-13,15-16,20-23,27,35H,7-8,10,14,17-19H2,1-6H3,(H2,31,32,37)/t21-,22-,23+,27-/m1/s1. The van der Waals surface area contributed by atoms with Crippen LogP contribution in [0.1, 0.15) is 64.2 Å². The average Bonchev–Trinajstić information content (AvgIpc) is 3.50. The molecule has 3 rings (SSSR count). The first-order valence-electron chi connectivity index (χ1n) is 14.7. The highest BCUT2D eigenvalue weighted by Gasteiger charge is 2.32. The second kappa shape index (κ2) is 15.8. The van der Waals surface area contributed by atoms with Gasteiger partial charge in [-0.1, -0.05) is 13.0 Å². The van der Waals surface area contributed by atoms with Crippen molar-refractivity contribution in [1.82, 2.24) is 14.5 Å². The maximum absolute atomic E-state index is 14.2. The molecule has 2 heterocycles. The number of carbonyl (C=O) groups is 2. The first kappa shape index (κ1) is 34.8. The van der Waals surface area contributed by atoms with Gasteiger partial charge in [-0.15, -0.1) is 11.3 Å². The van der Waals surface area contributed by atoms with Crippen LogP contribution in [0.5, 0.6) is 5.75 Å². The van der Waals surface area contributed by atoms with Gasteiger partial charge >= 0.3 is 6.03 Å². The van der Waals surface area contributed by atoms with Crippen molar-refractivity contribution in [3.63, 3.8) is 0 Å². The van der Waals surface area contributed by atoms with Gasteiger partial charge in [-0.05, 0) is 76.6 Å². The van der Waals surface area contributed by atoms with Gasteiger partial charge in [-0.3, -0.25) is 4.79 Å². The van der Waals surface area contributed by atoms with E-state index in [0.717, 1.165) is 30.6 Å². The average molecular weight is 639 g/mol. The maximum Gasteiger partial charge on any atom is 0.319 e. The van der Waals surface area contributed by atoms with E-state index in [9.17, 15) is 23.1 Å². The Bertz CT molecular complexity index is 1300. The third kappa shape index (κ3) is 9.64. The summed E-state index contributed by atoms with van der Waals surface area (Å²) < 4.78 is 40.4. The van der Waals surface area contributed by atoms with Gasteiger partial charge in [0.1, 0.15) is 9.96 Å². The fraction of sp³-hybridized carbons (Fsp3) is 0.600. The summed E-state index contributed by atoms with van der Waals surface area (Å²) in [6, 6.07) is 7.23. The molecule has 240 valence electrons. The zero-order chi connectivity index (χ0) is 31.7. The molecule has 0 saturated heterocycles. The molecule has 3 N–H and O–H groups in total. The van der Waals surface area contributed by atoms with Crippen LogP contribution < -0.4 is 15.4 Å². The van der Waals surface area contributed by atoms with Crippen molar-refractivity contribution in [3.8, 4) is 5.75 Å². The molecule has 0 spiro atoms. The Hall–Kier alpha value is -2.71. The summed E-state index contributed by atoms with van der Waals surface area (Å²) in [7, 11) is -2.16. The van der Waals surface area contributed by atoms with Crippen molar-refractivity contribution in [3.05, 3.63) is 41.3 Å². The summed E-state index contributed by atoms with van der Waals surface area (Å²) in [6.45, 7) is 9.75. The molecule has 4 atom stereocenters. The number of ether oxygens (including phenoxy) is 2. The minimum Gasteiger partial charge on any atom is -0.490 e. The van der Waals surface area contributed by atoms with Crippen molar-refractivity contribution in [2.24, 2.45) is 5.92 Å². The smallest absolute Gasteiger partial charge is 0.319 e. The van der Waals surface area contributed by atoms with E-state index in [4.69, 9.17) is 9.47 Å². The van der Waals surface area contributed by atoms with Crippen LogP contribution in [0.3, 0.4) is 0 Å². The van der Waals surface area contributed by atoms with Crippen LogP contribution in [0, 0.1) is 5.92 Å². The lowest BCUT2D eigenvalue weighted by atomic mass is 10.0. The predicted octanol–water partition coefficient (Wildman–Crippen LogP) is 4.39. The van der Waals surface area contributed by atoms with Gasteiger partial charge in [0.2, 0.25) is 0 Å². The van der Waals surface area contributed by atoms with E-state index >= 15 is 0 Å². The molecule has 0 bridgehead atoms. The van der Waals surface area contributed by atoms with E-state index in [1.165, 1.54) is 11.4 Å². The Morgan fingerprint density at radius 2 is 1.95 bits per heavy atom.